The molecule has 0 bridgehead atoms. The number of nitrogens with one attached hydrogen (secondary N) is 1. The molecule has 106 valence electrons. The normalized spacial score (nSPS) is 14.6. The van der Waals surface area contributed by atoms with Crippen LogP contribution >= 0.6 is 0 Å². The highest BCUT2D eigenvalue weighted by atomic mass is 16.5. The van der Waals surface area contributed by atoms with E-state index in [4.69, 9.17) is 4.74 Å². The summed E-state index contributed by atoms with van der Waals surface area (Å²) in [5.74, 6) is 1.96. The van der Waals surface area contributed by atoms with Crippen molar-refractivity contribution in [2.45, 2.75) is 52.0 Å². The molecule has 0 unspecified atom stereocenters. The molecule has 0 aromatic heterocycles. The van der Waals surface area contributed by atoms with Gasteiger partial charge in [0.1, 0.15) is 5.75 Å². The highest BCUT2D eigenvalue weighted by Crippen LogP contribution is 2.27. The maximum atomic E-state index is 5.81. The minimum atomic E-state index is 0.846. The molecule has 1 N–H and O–H groups in total. The van der Waals surface area contributed by atoms with Gasteiger partial charge in [-0.25, -0.2) is 0 Å². The molecule has 1 saturated carbocycles. The number of hydrogen-bond donors (Lipinski definition) is 1. The van der Waals surface area contributed by atoms with Gasteiger partial charge >= 0.3 is 0 Å². The van der Waals surface area contributed by atoms with Crippen molar-refractivity contribution >= 4 is 0 Å². The molecule has 0 amide bonds. The molecule has 1 aromatic rings. The van der Waals surface area contributed by atoms with Crippen molar-refractivity contribution in [3.8, 4) is 5.75 Å². The Morgan fingerprint density at radius 2 is 2.11 bits per heavy atom. The van der Waals surface area contributed by atoms with Crippen molar-refractivity contribution < 1.29 is 4.74 Å². The lowest BCUT2D eigenvalue weighted by Crippen LogP contribution is -2.16. The fourth-order valence-corrected chi connectivity index (χ4v) is 2.21. The van der Waals surface area contributed by atoms with E-state index in [1.54, 1.807) is 0 Å². The van der Waals surface area contributed by atoms with E-state index in [2.05, 4.69) is 36.5 Å². The minimum absolute atomic E-state index is 0.846. The predicted octanol–water partition coefficient (Wildman–Crippen LogP) is 4.15. The Bertz CT molecular complexity index is 360. The summed E-state index contributed by atoms with van der Waals surface area (Å²) in [5, 5.41) is 3.52. The Balaban J connectivity index is 1.65. The van der Waals surface area contributed by atoms with Crippen LogP contribution in [-0.2, 0) is 6.54 Å². The molecule has 1 aliphatic rings. The van der Waals surface area contributed by atoms with Crippen LogP contribution in [0.25, 0.3) is 0 Å². The smallest absolute Gasteiger partial charge is 0.119 e. The second-order valence-corrected chi connectivity index (χ2v) is 5.63. The zero-order chi connectivity index (χ0) is 13.3. The molecular formula is C17H27NO. The number of benzene rings is 1. The van der Waals surface area contributed by atoms with Gasteiger partial charge in [0.05, 0.1) is 6.61 Å². The van der Waals surface area contributed by atoms with Gasteiger partial charge in [-0.15, -0.1) is 0 Å². The fraction of sp³-hybridized carbons (Fsp3) is 0.647. The third-order valence-electron chi connectivity index (χ3n) is 3.62. The van der Waals surface area contributed by atoms with Crippen molar-refractivity contribution in [3.05, 3.63) is 29.8 Å². The van der Waals surface area contributed by atoms with Crippen LogP contribution in [0.4, 0.5) is 0 Å². The first kappa shape index (κ1) is 14.4. The first-order valence-electron chi connectivity index (χ1n) is 7.81. The van der Waals surface area contributed by atoms with Gasteiger partial charge in [0.15, 0.2) is 0 Å². The average Bonchev–Trinajstić information content (AvgIpc) is 3.23. The summed E-state index contributed by atoms with van der Waals surface area (Å²) < 4.78 is 5.81. The van der Waals surface area contributed by atoms with Crippen LogP contribution in [0.3, 0.4) is 0 Å². The van der Waals surface area contributed by atoms with Gasteiger partial charge in [-0.05, 0) is 49.4 Å². The van der Waals surface area contributed by atoms with Gasteiger partial charge in [0.2, 0.25) is 0 Å². The summed E-state index contributed by atoms with van der Waals surface area (Å²) in [6.07, 6.45) is 7.86. The van der Waals surface area contributed by atoms with E-state index in [0.717, 1.165) is 31.2 Å². The SMILES string of the molecule is CCCCCCOc1cccc(CNCC2CC2)c1. The van der Waals surface area contributed by atoms with Crippen molar-refractivity contribution in [2.75, 3.05) is 13.2 Å². The van der Waals surface area contributed by atoms with Crippen LogP contribution in [0.1, 0.15) is 51.0 Å². The standard InChI is InChI=1S/C17H27NO/c1-2-3-4-5-11-19-17-8-6-7-16(12-17)14-18-13-15-9-10-15/h6-8,12,15,18H,2-5,9-11,13-14H2,1H3. The van der Waals surface area contributed by atoms with Crippen LogP contribution in [0.15, 0.2) is 24.3 Å². The third kappa shape index (κ3) is 6.11. The van der Waals surface area contributed by atoms with E-state index in [9.17, 15) is 0 Å². The van der Waals surface area contributed by atoms with Crippen molar-refractivity contribution in [1.82, 2.24) is 5.32 Å². The summed E-state index contributed by atoms with van der Waals surface area (Å²) >= 11 is 0. The maximum absolute atomic E-state index is 5.81. The Morgan fingerprint density at radius 3 is 2.89 bits per heavy atom. The Labute approximate surface area is 117 Å². The van der Waals surface area contributed by atoms with E-state index in [1.165, 1.54) is 44.2 Å². The zero-order valence-electron chi connectivity index (χ0n) is 12.2. The second-order valence-electron chi connectivity index (χ2n) is 5.63. The molecular weight excluding hydrogens is 234 g/mol. The van der Waals surface area contributed by atoms with Gasteiger partial charge in [-0.1, -0.05) is 38.3 Å². The highest BCUT2D eigenvalue weighted by molar-refractivity contribution is 5.28. The lowest BCUT2D eigenvalue weighted by atomic mass is 10.2. The summed E-state index contributed by atoms with van der Waals surface area (Å²) in [4.78, 5) is 0. The summed E-state index contributed by atoms with van der Waals surface area (Å²) in [6, 6.07) is 8.49. The Hall–Kier alpha value is -1.02. The van der Waals surface area contributed by atoms with Gasteiger partial charge in [0.25, 0.3) is 0 Å². The van der Waals surface area contributed by atoms with E-state index in [1.807, 2.05) is 0 Å². The molecule has 1 aromatic carbocycles. The van der Waals surface area contributed by atoms with Crippen LogP contribution in [0.2, 0.25) is 0 Å². The van der Waals surface area contributed by atoms with Crippen molar-refractivity contribution in [3.63, 3.8) is 0 Å². The van der Waals surface area contributed by atoms with E-state index < -0.39 is 0 Å². The molecule has 0 saturated heterocycles. The van der Waals surface area contributed by atoms with E-state index in [-0.39, 0.29) is 0 Å². The molecule has 2 rings (SSSR count). The maximum Gasteiger partial charge on any atom is 0.119 e. The summed E-state index contributed by atoms with van der Waals surface area (Å²) in [5.41, 5.74) is 1.33. The molecule has 0 atom stereocenters. The van der Waals surface area contributed by atoms with Crippen molar-refractivity contribution in [2.24, 2.45) is 5.92 Å². The lowest BCUT2D eigenvalue weighted by Gasteiger charge is -2.08. The molecule has 19 heavy (non-hydrogen) atoms. The lowest BCUT2D eigenvalue weighted by molar-refractivity contribution is 0.304. The number of hydrogen-bond acceptors (Lipinski definition) is 2. The number of ether oxygens (including phenoxy) is 1. The summed E-state index contributed by atoms with van der Waals surface area (Å²) in [7, 11) is 0. The molecule has 2 heteroatoms. The van der Waals surface area contributed by atoms with E-state index in [0.29, 0.717) is 0 Å². The molecule has 0 spiro atoms. The monoisotopic (exact) mass is 261 g/mol. The van der Waals surface area contributed by atoms with Crippen LogP contribution in [-0.4, -0.2) is 13.2 Å². The molecule has 1 fully saturated rings. The van der Waals surface area contributed by atoms with Gasteiger partial charge in [0, 0.05) is 6.54 Å². The average molecular weight is 261 g/mol. The number of unbranched alkanes of at least 4 members (excludes halogenated alkanes) is 3. The van der Waals surface area contributed by atoms with Crippen molar-refractivity contribution in [1.29, 1.82) is 0 Å². The van der Waals surface area contributed by atoms with Crippen LogP contribution in [0, 0.1) is 5.92 Å². The molecule has 0 aliphatic heterocycles. The topological polar surface area (TPSA) is 21.3 Å². The first-order valence-corrected chi connectivity index (χ1v) is 7.81. The third-order valence-corrected chi connectivity index (χ3v) is 3.62. The highest BCUT2D eigenvalue weighted by Gasteiger charge is 2.19. The van der Waals surface area contributed by atoms with Gasteiger partial charge in [-0.2, -0.15) is 0 Å². The van der Waals surface area contributed by atoms with Gasteiger partial charge in [-0.3, -0.25) is 0 Å². The van der Waals surface area contributed by atoms with E-state index >= 15 is 0 Å². The second kappa shape index (κ2) is 8.21. The van der Waals surface area contributed by atoms with Gasteiger partial charge < -0.3 is 10.1 Å². The molecule has 0 radical (unpaired) electrons. The Morgan fingerprint density at radius 1 is 1.21 bits per heavy atom. The van der Waals surface area contributed by atoms with Crippen LogP contribution < -0.4 is 10.1 Å². The quantitative estimate of drug-likeness (QED) is 0.639. The van der Waals surface area contributed by atoms with Crippen LogP contribution in [0.5, 0.6) is 5.75 Å². The zero-order valence-corrected chi connectivity index (χ0v) is 12.2. The predicted molar refractivity (Wildman–Crippen MR) is 80.5 cm³/mol. The largest absolute Gasteiger partial charge is 0.494 e. The minimum Gasteiger partial charge on any atom is -0.494 e. The molecule has 1 aliphatic carbocycles. The molecule has 0 heterocycles. The number of rotatable bonds is 10. The summed E-state index contributed by atoms with van der Waals surface area (Å²) in [6.45, 7) is 5.21. The first-order chi connectivity index (χ1) is 9.38. The fourth-order valence-electron chi connectivity index (χ4n) is 2.21. The molecule has 2 nitrogen and oxygen atoms in total. The Kier molecular flexibility index (Phi) is 6.22.